The maximum Gasteiger partial charge on any atom is 0.233 e. The van der Waals surface area contributed by atoms with Crippen LogP contribution in [0.25, 0.3) is 0 Å². The number of carbonyl (C=O) groups is 2. The molecule has 6 nitrogen and oxygen atoms in total. The van der Waals surface area contributed by atoms with E-state index in [-0.39, 0.29) is 12.5 Å². The van der Waals surface area contributed by atoms with Crippen LogP contribution in [0, 0.1) is 0 Å². The highest BCUT2D eigenvalue weighted by Gasteiger charge is 2.50. The predicted octanol–water partition coefficient (Wildman–Crippen LogP) is 2.83. The van der Waals surface area contributed by atoms with Crippen LogP contribution in [-0.4, -0.2) is 48.0 Å². The summed E-state index contributed by atoms with van der Waals surface area (Å²) in [6.07, 6.45) is 4.13. The summed E-state index contributed by atoms with van der Waals surface area (Å²) in [5.74, 6) is -0.416. The highest BCUT2D eigenvalue weighted by Crippen LogP contribution is 2.40. The molecular formula is C23H26ClN3O3. The average Bonchev–Trinajstić information content (AvgIpc) is 2.80. The quantitative estimate of drug-likeness (QED) is 0.812. The zero-order chi connectivity index (χ0) is 21.2. The summed E-state index contributed by atoms with van der Waals surface area (Å²) in [6.45, 7) is 1.87. The molecule has 2 aliphatic heterocycles. The SMILES string of the molecule is NC(=O)C1(c2ccccn2)CCCN(C(=O)C2(c3ccc(Cl)cc3)CCOCC2)C1. The number of halogens is 1. The van der Waals surface area contributed by atoms with Crippen LogP contribution in [0.3, 0.4) is 0 Å². The van der Waals surface area contributed by atoms with Crippen molar-refractivity contribution < 1.29 is 14.3 Å². The monoisotopic (exact) mass is 427 g/mol. The molecule has 2 amide bonds. The number of likely N-dealkylation sites (tertiary alicyclic amines) is 1. The maximum atomic E-state index is 14.0. The Hall–Kier alpha value is -2.44. The smallest absolute Gasteiger partial charge is 0.233 e. The first-order valence-corrected chi connectivity index (χ1v) is 10.7. The van der Waals surface area contributed by atoms with Gasteiger partial charge in [-0.05, 0) is 55.5 Å². The number of nitrogens with two attached hydrogens (primary N) is 1. The Balaban J connectivity index is 1.70. The minimum atomic E-state index is -0.971. The number of ether oxygens (including phenoxy) is 1. The lowest BCUT2D eigenvalue weighted by molar-refractivity contribution is -0.145. The number of amides is 2. The van der Waals surface area contributed by atoms with E-state index in [1.807, 2.05) is 47.4 Å². The summed E-state index contributed by atoms with van der Waals surface area (Å²) in [5.41, 5.74) is 5.79. The van der Waals surface area contributed by atoms with Gasteiger partial charge in [0.15, 0.2) is 0 Å². The highest BCUT2D eigenvalue weighted by atomic mass is 35.5. The van der Waals surface area contributed by atoms with Gasteiger partial charge >= 0.3 is 0 Å². The van der Waals surface area contributed by atoms with Gasteiger partial charge in [0.25, 0.3) is 0 Å². The second-order valence-corrected chi connectivity index (χ2v) is 8.63. The molecule has 2 aromatic rings. The molecule has 0 bridgehead atoms. The molecule has 7 heteroatoms. The molecule has 2 N–H and O–H groups in total. The molecule has 0 saturated carbocycles. The molecule has 2 fully saturated rings. The molecule has 0 aliphatic carbocycles. The van der Waals surface area contributed by atoms with Crippen molar-refractivity contribution in [2.75, 3.05) is 26.3 Å². The van der Waals surface area contributed by atoms with E-state index < -0.39 is 16.7 Å². The molecule has 4 rings (SSSR count). The van der Waals surface area contributed by atoms with E-state index in [9.17, 15) is 9.59 Å². The Labute approximate surface area is 181 Å². The summed E-state index contributed by atoms with van der Waals surface area (Å²) in [6, 6.07) is 13.0. The van der Waals surface area contributed by atoms with Crippen LogP contribution in [0.4, 0.5) is 0 Å². The summed E-state index contributed by atoms with van der Waals surface area (Å²) in [7, 11) is 0. The fourth-order valence-corrected chi connectivity index (χ4v) is 4.95. The molecule has 158 valence electrons. The van der Waals surface area contributed by atoms with Gasteiger partial charge in [-0.1, -0.05) is 29.8 Å². The van der Waals surface area contributed by atoms with Gasteiger partial charge in [0.05, 0.1) is 11.1 Å². The van der Waals surface area contributed by atoms with Gasteiger partial charge in [-0.2, -0.15) is 0 Å². The lowest BCUT2D eigenvalue weighted by Crippen LogP contribution is -2.59. The number of aromatic nitrogens is 1. The van der Waals surface area contributed by atoms with E-state index in [4.69, 9.17) is 22.1 Å². The van der Waals surface area contributed by atoms with Gasteiger partial charge in [-0.25, -0.2) is 0 Å². The Kier molecular flexibility index (Phi) is 5.80. The van der Waals surface area contributed by atoms with Crippen molar-refractivity contribution in [1.82, 2.24) is 9.88 Å². The van der Waals surface area contributed by atoms with Gasteiger partial charge in [0.2, 0.25) is 11.8 Å². The van der Waals surface area contributed by atoms with Gasteiger partial charge < -0.3 is 15.4 Å². The normalized spacial score (nSPS) is 23.7. The number of hydrogen-bond acceptors (Lipinski definition) is 4. The first-order valence-electron chi connectivity index (χ1n) is 10.3. The molecule has 1 aromatic heterocycles. The second-order valence-electron chi connectivity index (χ2n) is 8.19. The van der Waals surface area contributed by atoms with E-state index in [0.29, 0.717) is 56.2 Å². The summed E-state index contributed by atoms with van der Waals surface area (Å²) < 4.78 is 5.58. The van der Waals surface area contributed by atoms with Crippen LogP contribution in [0.15, 0.2) is 48.7 Å². The van der Waals surface area contributed by atoms with Crippen LogP contribution < -0.4 is 5.73 Å². The molecule has 2 aliphatic rings. The van der Waals surface area contributed by atoms with Gasteiger partial charge in [-0.15, -0.1) is 0 Å². The number of carbonyl (C=O) groups excluding carboxylic acids is 2. The van der Waals surface area contributed by atoms with Crippen LogP contribution in [0.1, 0.15) is 36.9 Å². The molecule has 1 aromatic carbocycles. The number of hydrogen-bond donors (Lipinski definition) is 1. The van der Waals surface area contributed by atoms with Crippen molar-refractivity contribution in [3.8, 4) is 0 Å². The topological polar surface area (TPSA) is 85.5 Å². The largest absolute Gasteiger partial charge is 0.381 e. The Bertz CT molecular complexity index is 913. The molecule has 1 atom stereocenters. The fourth-order valence-electron chi connectivity index (χ4n) is 4.83. The van der Waals surface area contributed by atoms with Crippen molar-refractivity contribution in [2.24, 2.45) is 5.73 Å². The zero-order valence-corrected chi connectivity index (χ0v) is 17.6. The third-order valence-corrected chi connectivity index (χ3v) is 6.81. The summed E-state index contributed by atoms with van der Waals surface area (Å²) in [5, 5.41) is 0.634. The van der Waals surface area contributed by atoms with E-state index in [2.05, 4.69) is 4.98 Å². The van der Waals surface area contributed by atoms with Crippen molar-refractivity contribution in [2.45, 2.75) is 36.5 Å². The molecule has 1 unspecified atom stereocenters. The van der Waals surface area contributed by atoms with Crippen molar-refractivity contribution in [3.05, 3.63) is 64.9 Å². The lowest BCUT2D eigenvalue weighted by atomic mass is 9.71. The molecule has 2 saturated heterocycles. The van der Waals surface area contributed by atoms with Crippen LogP contribution in [0.5, 0.6) is 0 Å². The Morgan fingerprint density at radius 2 is 1.77 bits per heavy atom. The third-order valence-electron chi connectivity index (χ3n) is 6.56. The first kappa shape index (κ1) is 20.8. The average molecular weight is 428 g/mol. The lowest BCUT2D eigenvalue weighted by Gasteiger charge is -2.45. The second kappa shape index (κ2) is 8.36. The van der Waals surface area contributed by atoms with E-state index in [1.54, 1.807) is 6.20 Å². The standard InChI is InChI=1S/C23H26ClN3O3/c24-18-7-5-17(6-8-18)22(10-14-30-15-11-22)21(29)27-13-3-9-23(16-27,20(25)28)19-4-1-2-12-26-19/h1-2,4-8,12H,3,9-11,13-16H2,(H2,25,28). The minimum Gasteiger partial charge on any atom is -0.381 e. The predicted molar refractivity (Wildman–Crippen MR) is 114 cm³/mol. The summed E-state index contributed by atoms with van der Waals surface area (Å²) >= 11 is 6.09. The highest BCUT2D eigenvalue weighted by molar-refractivity contribution is 6.30. The first-order chi connectivity index (χ1) is 14.5. The van der Waals surface area contributed by atoms with E-state index in [1.165, 1.54) is 0 Å². The number of piperidine rings is 1. The van der Waals surface area contributed by atoms with Crippen LogP contribution in [-0.2, 0) is 25.2 Å². The Morgan fingerprint density at radius 3 is 2.40 bits per heavy atom. The Morgan fingerprint density at radius 1 is 1.03 bits per heavy atom. The van der Waals surface area contributed by atoms with Crippen molar-refractivity contribution in [3.63, 3.8) is 0 Å². The summed E-state index contributed by atoms with van der Waals surface area (Å²) in [4.78, 5) is 32.8. The number of benzene rings is 1. The molecule has 0 spiro atoms. The molecule has 30 heavy (non-hydrogen) atoms. The van der Waals surface area contributed by atoms with E-state index in [0.717, 1.165) is 5.56 Å². The minimum absolute atomic E-state index is 0.0226. The van der Waals surface area contributed by atoms with Gasteiger partial charge in [0, 0.05) is 37.5 Å². The van der Waals surface area contributed by atoms with Crippen LogP contribution >= 0.6 is 11.6 Å². The third kappa shape index (κ3) is 3.59. The molecule has 0 radical (unpaired) electrons. The van der Waals surface area contributed by atoms with Crippen LogP contribution in [0.2, 0.25) is 5.02 Å². The van der Waals surface area contributed by atoms with Crippen molar-refractivity contribution >= 4 is 23.4 Å². The van der Waals surface area contributed by atoms with Gasteiger partial charge in [-0.3, -0.25) is 14.6 Å². The van der Waals surface area contributed by atoms with Gasteiger partial charge in [0.1, 0.15) is 5.41 Å². The number of pyridine rings is 1. The maximum absolute atomic E-state index is 14.0. The fraction of sp³-hybridized carbons (Fsp3) is 0.435. The van der Waals surface area contributed by atoms with Crippen molar-refractivity contribution in [1.29, 1.82) is 0 Å². The number of rotatable bonds is 4. The number of nitrogens with zero attached hydrogens (tertiary/aromatic N) is 2. The molecular weight excluding hydrogens is 402 g/mol. The zero-order valence-electron chi connectivity index (χ0n) is 16.9. The number of primary amides is 1. The molecule has 3 heterocycles. The van der Waals surface area contributed by atoms with E-state index >= 15 is 0 Å².